The molecule has 2 aromatic carbocycles. The summed E-state index contributed by atoms with van der Waals surface area (Å²) in [6.45, 7) is 5.34. The second kappa shape index (κ2) is 10.2. The molecule has 1 fully saturated rings. The van der Waals surface area contributed by atoms with E-state index in [1.54, 1.807) is 13.8 Å². The van der Waals surface area contributed by atoms with Gasteiger partial charge in [0.1, 0.15) is 16.6 Å². The number of nitrogens with one attached hydrogen (secondary N) is 1. The first kappa shape index (κ1) is 25.5. The lowest BCUT2D eigenvalue weighted by molar-refractivity contribution is -0.124. The number of halogens is 3. The Labute approximate surface area is 211 Å². The third kappa shape index (κ3) is 5.48. The van der Waals surface area contributed by atoms with E-state index < -0.39 is 33.4 Å². The van der Waals surface area contributed by atoms with E-state index in [-0.39, 0.29) is 17.3 Å². The van der Waals surface area contributed by atoms with Crippen LogP contribution in [0.4, 0.5) is 14.5 Å². The van der Waals surface area contributed by atoms with E-state index in [1.165, 1.54) is 35.6 Å². The van der Waals surface area contributed by atoms with Crippen molar-refractivity contribution in [3.05, 3.63) is 74.7 Å². The molecular formula is C23H23ClF2N4O3S2. The van der Waals surface area contributed by atoms with Crippen LogP contribution in [0.1, 0.15) is 28.5 Å². The molecule has 35 heavy (non-hydrogen) atoms. The number of aryl methyl sites for hydroxylation is 1. The number of sulfonamides is 1. The second-order valence-corrected chi connectivity index (χ2v) is 11.5. The Bertz CT molecular complexity index is 1350. The second-order valence-electron chi connectivity index (χ2n) is 8.15. The standard InChI is InChI=1S/C23H23ClF2N4O3S2/c1-14-21(12-29-10-9-27-22(31)13-29)34-23(28-14)15(2)30(20-11-17(25)5-8-19(20)26)35(32,33)18-6-3-16(24)4-7-18/h3-8,11,15H,9-10,12-13H2,1-2H3,(H,27,31). The number of anilines is 1. The van der Waals surface area contributed by atoms with Crippen molar-refractivity contribution >= 4 is 44.6 Å². The number of piperazine rings is 1. The lowest BCUT2D eigenvalue weighted by Gasteiger charge is -2.29. The van der Waals surface area contributed by atoms with Crippen LogP contribution >= 0.6 is 22.9 Å². The van der Waals surface area contributed by atoms with Gasteiger partial charge in [0.15, 0.2) is 0 Å². The Morgan fingerprint density at radius 3 is 2.63 bits per heavy atom. The molecule has 3 aromatic rings. The molecule has 0 radical (unpaired) electrons. The maximum absolute atomic E-state index is 14.9. The summed E-state index contributed by atoms with van der Waals surface area (Å²) in [5.41, 5.74) is 0.265. The van der Waals surface area contributed by atoms with Crippen LogP contribution in [-0.2, 0) is 21.4 Å². The van der Waals surface area contributed by atoms with E-state index in [0.717, 1.165) is 27.4 Å². The number of rotatable bonds is 7. The number of amides is 1. The fourth-order valence-corrected chi connectivity index (χ4v) is 6.79. The monoisotopic (exact) mass is 540 g/mol. The average molecular weight is 541 g/mol. The van der Waals surface area contributed by atoms with E-state index in [9.17, 15) is 22.0 Å². The number of hydrogen-bond acceptors (Lipinski definition) is 6. The number of thiazole rings is 1. The molecular weight excluding hydrogens is 518 g/mol. The zero-order chi connectivity index (χ0) is 25.3. The predicted octanol–water partition coefficient (Wildman–Crippen LogP) is 4.27. The van der Waals surface area contributed by atoms with Crippen LogP contribution in [0, 0.1) is 18.6 Å². The third-order valence-electron chi connectivity index (χ3n) is 5.62. The third-order valence-corrected chi connectivity index (χ3v) is 9.08. The number of benzene rings is 2. The molecule has 0 aliphatic carbocycles. The number of carbonyl (C=O) groups excluding carboxylic acids is 1. The Balaban J connectivity index is 1.74. The van der Waals surface area contributed by atoms with Crippen LogP contribution in [0.5, 0.6) is 0 Å². The van der Waals surface area contributed by atoms with Crippen LogP contribution in [0.3, 0.4) is 0 Å². The summed E-state index contributed by atoms with van der Waals surface area (Å²) in [5, 5.41) is 3.53. The van der Waals surface area contributed by atoms with Crippen molar-refractivity contribution in [3.63, 3.8) is 0 Å². The molecule has 1 unspecified atom stereocenters. The molecule has 1 amide bonds. The molecule has 1 atom stereocenters. The summed E-state index contributed by atoms with van der Waals surface area (Å²) in [6, 6.07) is 7.18. The summed E-state index contributed by atoms with van der Waals surface area (Å²) in [5.74, 6) is -1.72. The van der Waals surface area contributed by atoms with Gasteiger partial charge in [0.2, 0.25) is 5.91 Å². The molecule has 186 valence electrons. The van der Waals surface area contributed by atoms with Crippen LogP contribution in [0.15, 0.2) is 47.4 Å². The number of aromatic nitrogens is 1. The molecule has 1 aromatic heterocycles. The summed E-state index contributed by atoms with van der Waals surface area (Å²) in [7, 11) is -4.32. The highest BCUT2D eigenvalue weighted by atomic mass is 35.5. The molecule has 0 saturated carbocycles. The van der Waals surface area contributed by atoms with E-state index >= 15 is 0 Å². The highest BCUT2D eigenvalue weighted by Crippen LogP contribution is 2.37. The van der Waals surface area contributed by atoms with Crippen molar-refractivity contribution in [2.75, 3.05) is 23.9 Å². The van der Waals surface area contributed by atoms with E-state index in [0.29, 0.717) is 35.4 Å². The SMILES string of the molecule is Cc1nc(C(C)N(c2cc(F)ccc2F)S(=O)(=O)c2ccc(Cl)cc2)sc1CN1CCNC(=O)C1. The molecule has 1 aliphatic heterocycles. The minimum Gasteiger partial charge on any atom is -0.354 e. The van der Waals surface area contributed by atoms with Gasteiger partial charge in [-0.25, -0.2) is 22.2 Å². The molecule has 4 rings (SSSR count). The number of nitrogens with zero attached hydrogens (tertiary/aromatic N) is 3. The summed E-state index contributed by atoms with van der Waals surface area (Å²) >= 11 is 7.20. The fraction of sp³-hybridized carbons (Fsp3) is 0.304. The van der Waals surface area contributed by atoms with Gasteiger partial charge in [0.25, 0.3) is 10.0 Å². The van der Waals surface area contributed by atoms with Crippen molar-refractivity contribution in [2.45, 2.75) is 31.3 Å². The van der Waals surface area contributed by atoms with Crippen LogP contribution in [0.25, 0.3) is 0 Å². The molecule has 1 saturated heterocycles. The van der Waals surface area contributed by atoms with Gasteiger partial charge in [-0.05, 0) is 50.2 Å². The van der Waals surface area contributed by atoms with Gasteiger partial charge < -0.3 is 5.32 Å². The minimum absolute atomic E-state index is 0.0613. The quantitative estimate of drug-likeness (QED) is 0.484. The summed E-state index contributed by atoms with van der Waals surface area (Å²) < 4.78 is 57.2. The average Bonchev–Trinajstić information content (AvgIpc) is 3.16. The zero-order valence-electron chi connectivity index (χ0n) is 19.0. The molecule has 12 heteroatoms. The molecule has 1 aliphatic rings. The topological polar surface area (TPSA) is 82.6 Å². The first-order valence-electron chi connectivity index (χ1n) is 10.8. The van der Waals surface area contributed by atoms with Gasteiger partial charge in [-0.2, -0.15) is 0 Å². The first-order chi connectivity index (χ1) is 16.6. The lowest BCUT2D eigenvalue weighted by Crippen LogP contribution is -2.47. The number of carbonyl (C=O) groups is 1. The van der Waals surface area contributed by atoms with Crippen LogP contribution in [0.2, 0.25) is 5.02 Å². The van der Waals surface area contributed by atoms with Gasteiger partial charge in [-0.3, -0.25) is 14.0 Å². The number of hydrogen-bond donors (Lipinski definition) is 1. The minimum atomic E-state index is -4.32. The van der Waals surface area contributed by atoms with Gasteiger partial charge in [0.05, 0.1) is 28.9 Å². The van der Waals surface area contributed by atoms with Crippen molar-refractivity contribution in [1.29, 1.82) is 0 Å². The molecule has 2 heterocycles. The summed E-state index contributed by atoms with van der Waals surface area (Å²) in [4.78, 5) is 19.0. The maximum atomic E-state index is 14.9. The zero-order valence-corrected chi connectivity index (χ0v) is 21.4. The van der Waals surface area contributed by atoms with Crippen molar-refractivity contribution in [3.8, 4) is 0 Å². The molecule has 7 nitrogen and oxygen atoms in total. The summed E-state index contributed by atoms with van der Waals surface area (Å²) in [6.07, 6.45) is 0. The van der Waals surface area contributed by atoms with Crippen LogP contribution in [-0.4, -0.2) is 43.8 Å². The lowest BCUT2D eigenvalue weighted by atomic mass is 10.2. The highest BCUT2D eigenvalue weighted by molar-refractivity contribution is 7.92. The normalized spacial score (nSPS) is 15.6. The van der Waals surface area contributed by atoms with Gasteiger partial charge in [-0.1, -0.05) is 11.6 Å². The smallest absolute Gasteiger partial charge is 0.265 e. The van der Waals surface area contributed by atoms with Crippen LogP contribution < -0.4 is 9.62 Å². The van der Waals surface area contributed by atoms with Crippen molar-refractivity contribution in [1.82, 2.24) is 15.2 Å². The van der Waals surface area contributed by atoms with E-state index in [4.69, 9.17) is 11.6 Å². The highest BCUT2D eigenvalue weighted by Gasteiger charge is 2.34. The predicted molar refractivity (Wildman–Crippen MR) is 131 cm³/mol. The molecule has 0 spiro atoms. The van der Waals surface area contributed by atoms with Gasteiger partial charge >= 0.3 is 0 Å². The van der Waals surface area contributed by atoms with Gasteiger partial charge in [0, 0.05) is 35.6 Å². The van der Waals surface area contributed by atoms with Crippen molar-refractivity contribution < 1.29 is 22.0 Å². The Morgan fingerprint density at radius 1 is 1.23 bits per heavy atom. The Hall–Kier alpha value is -2.60. The van der Waals surface area contributed by atoms with E-state index in [2.05, 4.69) is 10.3 Å². The Kier molecular flexibility index (Phi) is 7.41. The Morgan fingerprint density at radius 2 is 1.94 bits per heavy atom. The molecule has 1 N–H and O–H groups in total. The first-order valence-corrected chi connectivity index (χ1v) is 13.4. The van der Waals surface area contributed by atoms with Crippen molar-refractivity contribution in [2.24, 2.45) is 0 Å². The van der Waals surface area contributed by atoms with Gasteiger partial charge in [-0.15, -0.1) is 11.3 Å². The maximum Gasteiger partial charge on any atom is 0.265 e. The fourth-order valence-electron chi connectivity index (χ4n) is 3.83. The molecule has 0 bridgehead atoms. The largest absolute Gasteiger partial charge is 0.354 e. The van der Waals surface area contributed by atoms with E-state index in [1.807, 2.05) is 4.90 Å².